The lowest BCUT2D eigenvalue weighted by molar-refractivity contribution is -0.118. The Kier molecular flexibility index (Phi) is 6.10. The van der Waals surface area contributed by atoms with Crippen LogP contribution in [-0.4, -0.2) is 20.9 Å². The van der Waals surface area contributed by atoms with Crippen LogP contribution in [0, 0.1) is 0 Å². The second kappa shape index (κ2) is 7.77. The molecule has 0 aliphatic heterocycles. The molecule has 8 heteroatoms. The maximum absolute atomic E-state index is 12.1. The third-order valence-electron chi connectivity index (χ3n) is 3.57. The van der Waals surface area contributed by atoms with Crippen LogP contribution in [0.3, 0.4) is 0 Å². The molecule has 6 nitrogen and oxygen atoms in total. The topological polar surface area (TPSA) is 98.5 Å². The molecule has 0 atom stereocenters. The number of nitrogens with one attached hydrogen (secondary N) is 1. The molecule has 26 heavy (non-hydrogen) atoms. The van der Waals surface area contributed by atoms with Gasteiger partial charge in [0, 0.05) is 15.7 Å². The van der Waals surface area contributed by atoms with Crippen molar-refractivity contribution in [3.63, 3.8) is 0 Å². The number of carbonyl (C=O) groups excluding carboxylic acids is 1. The predicted molar refractivity (Wildman–Crippen MR) is 105 cm³/mol. The smallest absolute Gasteiger partial charge is 0.262 e. The van der Waals surface area contributed by atoms with Crippen LogP contribution in [0.25, 0.3) is 0 Å². The quantitative estimate of drug-likeness (QED) is 0.743. The Bertz CT molecular complexity index is 904. The summed E-state index contributed by atoms with van der Waals surface area (Å²) in [5, 5.41) is 7.69. The van der Waals surface area contributed by atoms with E-state index in [0.717, 1.165) is 10.0 Å². The van der Waals surface area contributed by atoms with Gasteiger partial charge in [-0.1, -0.05) is 36.7 Å². The molecule has 0 heterocycles. The van der Waals surface area contributed by atoms with Crippen molar-refractivity contribution < 1.29 is 17.9 Å². The molecule has 0 fully saturated rings. The van der Waals surface area contributed by atoms with Crippen LogP contribution in [0.4, 0.5) is 5.69 Å². The number of ether oxygens (including phenoxy) is 1. The maximum Gasteiger partial charge on any atom is 0.262 e. The Balaban J connectivity index is 2.04. The molecule has 2 aromatic carbocycles. The van der Waals surface area contributed by atoms with Crippen LogP contribution < -0.4 is 15.2 Å². The summed E-state index contributed by atoms with van der Waals surface area (Å²) in [4.78, 5) is 12.1. The van der Waals surface area contributed by atoms with Crippen LogP contribution in [0.15, 0.2) is 51.8 Å². The van der Waals surface area contributed by atoms with Gasteiger partial charge in [0.1, 0.15) is 5.75 Å². The van der Waals surface area contributed by atoms with Gasteiger partial charge in [0.25, 0.3) is 5.91 Å². The van der Waals surface area contributed by atoms with Crippen molar-refractivity contribution >= 4 is 37.5 Å². The van der Waals surface area contributed by atoms with E-state index in [9.17, 15) is 13.2 Å². The third-order valence-corrected chi connectivity index (χ3v) is 5.00. The van der Waals surface area contributed by atoms with Crippen LogP contribution in [0.2, 0.25) is 0 Å². The number of amides is 1. The highest BCUT2D eigenvalue weighted by molar-refractivity contribution is 9.10. The summed E-state index contributed by atoms with van der Waals surface area (Å²) < 4.78 is 29.1. The number of halogens is 1. The van der Waals surface area contributed by atoms with Crippen molar-refractivity contribution in [1.29, 1.82) is 0 Å². The van der Waals surface area contributed by atoms with Gasteiger partial charge in [0.05, 0.1) is 4.90 Å². The number of anilines is 1. The first-order valence-corrected chi connectivity index (χ1v) is 10.2. The fraction of sp³-hybridized carbons (Fsp3) is 0.278. The van der Waals surface area contributed by atoms with Gasteiger partial charge in [-0.3, -0.25) is 4.79 Å². The normalized spacial score (nSPS) is 11.9. The number of primary sulfonamides is 1. The lowest BCUT2D eigenvalue weighted by Gasteiger charge is -2.23. The van der Waals surface area contributed by atoms with Crippen molar-refractivity contribution in [2.45, 2.75) is 31.1 Å². The molecule has 0 saturated heterocycles. The van der Waals surface area contributed by atoms with Crippen molar-refractivity contribution in [3.05, 3.63) is 52.5 Å². The number of hydrogen-bond acceptors (Lipinski definition) is 4. The molecule has 2 rings (SSSR count). The Labute approximate surface area is 161 Å². The maximum atomic E-state index is 12.1. The van der Waals surface area contributed by atoms with Crippen LogP contribution in [-0.2, 0) is 20.2 Å². The number of rotatable bonds is 5. The lowest BCUT2D eigenvalue weighted by atomic mass is 9.86. The van der Waals surface area contributed by atoms with Gasteiger partial charge in [-0.2, -0.15) is 0 Å². The van der Waals surface area contributed by atoms with Gasteiger partial charge >= 0.3 is 0 Å². The molecule has 2 aromatic rings. The summed E-state index contributed by atoms with van der Waals surface area (Å²) in [6.45, 7) is 6.03. The summed E-state index contributed by atoms with van der Waals surface area (Å²) in [7, 11) is -3.76. The van der Waals surface area contributed by atoms with Gasteiger partial charge in [0.2, 0.25) is 10.0 Å². The van der Waals surface area contributed by atoms with Gasteiger partial charge in [0.15, 0.2) is 6.61 Å². The van der Waals surface area contributed by atoms with Crippen molar-refractivity contribution in [2.75, 3.05) is 11.9 Å². The first kappa shape index (κ1) is 20.4. The average molecular weight is 441 g/mol. The Morgan fingerprint density at radius 3 is 2.31 bits per heavy atom. The highest BCUT2D eigenvalue weighted by Gasteiger charge is 2.20. The number of sulfonamides is 1. The molecular formula is C18H21BrN2O4S. The standard InChI is InChI=1S/C18H21BrN2O4S/c1-18(2,3)15-10-12(19)4-9-16(15)25-11-17(22)21-13-5-7-14(8-6-13)26(20,23)24/h4-10H,11H2,1-3H3,(H,21,22)(H2,20,23,24). The molecule has 3 N–H and O–H groups in total. The summed E-state index contributed by atoms with van der Waals surface area (Å²) in [6, 6.07) is 11.2. The summed E-state index contributed by atoms with van der Waals surface area (Å²) in [6.07, 6.45) is 0. The summed E-state index contributed by atoms with van der Waals surface area (Å²) >= 11 is 3.45. The molecular weight excluding hydrogens is 420 g/mol. The van der Waals surface area contributed by atoms with E-state index in [2.05, 4.69) is 42.0 Å². The van der Waals surface area contributed by atoms with Gasteiger partial charge < -0.3 is 10.1 Å². The predicted octanol–water partition coefficient (Wildman–Crippen LogP) is 3.41. The van der Waals surface area contributed by atoms with Crippen LogP contribution in [0.1, 0.15) is 26.3 Å². The monoisotopic (exact) mass is 440 g/mol. The zero-order chi connectivity index (χ0) is 19.5. The molecule has 0 unspecified atom stereocenters. The molecule has 0 aromatic heterocycles. The van der Waals surface area contributed by atoms with E-state index in [1.54, 1.807) is 0 Å². The van der Waals surface area contributed by atoms with E-state index >= 15 is 0 Å². The highest BCUT2D eigenvalue weighted by Crippen LogP contribution is 2.33. The first-order chi connectivity index (χ1) is 12.0. The zero-order valence-corrected chi connectivity index (χ0v) is 17.1. The van der Waals surface area contributed by atoms with E-state index in [-0.39, 0.29) is 22.8 Å². The Hall–Kier alpha value is -1.90. The second-order valence-electron chi connectivity index (χ2n) is 6.80. The molecule has 0 spiro atoms. The lowest BCUT2D eigenvalue weighted by Crippen LogP contribution is -2.22. The number of carbonyl (C=O) groups is 1. The minimum Gasteiger partial charge on any atom is -0.483 e. The van der Waals surface area contributed by atoms with Crippen molar-refractivity contribution in [3.8, 4) is 5.75 Å². The Morgan fingerprint density at radius 1 is 1.15 bits per heavy atom. The zero-order valence-electron chi connectivity index (χ0n) is 14.7. The minimum absolute atomic E-state index is 0.0172. The molecule has 0 aliphatic rings. The molecule has 0 bridgehead atoms. The largest absolute Gasteiger partial charge is 0.483 e. The molecule has 0 saturated carbocycles. The molecule has 0 radical (unpaired) electrons. The Morgan fingerprint density at radius 2 is 1.77 bits per heavy atom. The summed E-state index contributed by atoms with van der Waals surface area (Å²) in [5.41, 5.74) is 1.30. The third kappa shape index (κ3) is 5.55. The van der Waals surface area contributed by atoms with Crippen molar-refractivity contribution in [2.24, 2.45) is 5.14 Å². The van der Waals surface area contributed by atoms with Gasteiger partial charge in [-0.05, 0) is 47.9 Å². The van der Waals surface area contributed by atoms with E-state index in [4.69, 9.17) is 9.88 Å². The SMILES string of the molecule is CC(C)(C)c1cc(Br)ccc1OCC(=O)Nc1ccc(S(N)(=O)=O)cc1. The average Bonchev–Trinajstić information content (AvgIpc) is 2.52. The van der Waals surface area contributed by atoms with E-state index in [1.807, 2.05) is 18.2 Å². The second-order valence-corrected chi connectivity index (χ2v) is 9.27. The van der Waals surface area contributed by atoms with E-state index in [0.29, 0.717) is 11.4 Å². The van der Waals surface area contributed by atoms with Crippen LogP contribution in [0.5, 0.6) is 5.75 Å². The molecule has 140 valence electrons. The number of nitrogens with two attached hydrogens (primary N) is 1. The first-order valence-electron chi connectivity index (χ1n) is 7.82. The van der Waals surface area contributed by atoms with Gasteiger partial charge in [-0.15, -0.1) is 0 Å². The number of hydrogen-bond donors (Lipinski definition) is 2. The van der Waals surface area contributed by atoms with E-state index in [1.165, 1.54) is 24.3 Å². The number of benzene rings is 2. The van der Waals surface area contributed by atoms with Gasteiger partial charge in [-0.25, -0.2) is 13.6 Å². The minimum atomic E-state index is -3.76. The van der Waals surface area contributed by atoms with Crippen molar-refractivity contribution in [1.82, 2.24) is 0 Å². The molecule has 0 aliphatic carbocycles. The highest BCUT2D eigenvalue weighted by atomic mass is 79.9. The van der Waals surface area contributed by atoms with Crippen LogP contribution >= 0.6 is 15.9 Å². The fourth-order valence-corrected chi connectivity index (χ4v) is 3.16. The summed E-state index contributed by atoms with van der Waals surface area (Å²) in [5.74, 6) is 0.288. The van der Waals surface area contributed by atoms with E-state index < -0.39 is 10.0 Å². The fourth-order valence-electron chi connectivity index (χ4n) is 2.28. The molecule has 1 amide bonds.